The number of rotatable bonds is 7. The van der Waals surface area contributed by atoms with Gasteiger partial charge in [0.05, 0.1) is 26.5 Å². The fraction of sp³-hybridized carbons (Fsp3) is 0.200. The molecule has 0 fully saturated rings. The highest BCUT2D eigenvalue weighted by Crippen LogP contribution is 2.24. The number of allylic oxidation sites excluding steroid dienone is 3. The molecule has 2 aromatic rings. The molecule has 33 heavy (non-hydrogen) atoms. The number of aliphatic imine (C=N–C) groups is 2. The van der Waals surface area contributed by atoms with Gasteiger partial charge in [-0.2, -0.15) is 4.99 Å². The first kappa shape index (κ1) is 22.1. The third-order valence-electron chi connectivity index (χ3n) is 5.27. The van der Waals surface area contributed by atoms with Gasteiger partial charge in [0.25, 0.3) is 11.8 Å². The van der Waals surface area contributed by atoms with Gasteiger partial charge in [-0.25, -0.2) is 9.38 Å². The van der Waals surface area contributed by atoms with Gasteiger partial charge in [0.1, 0.15) is 23.2 Å². The number of ether oxygens (including phenoxy) is 2. The van der Waals surface area contributed by atoms with Gasteiger partial charge in [0.15, 0.2) is 5.84 Å². The monoisotopic (exact) mass is 447 g/mol. The fourth-order valence-corrected chi connectivity index (χ4v) is 3.58. The van der Waals surface area contributed by atoms with E-state index in [1.165, 1.54) is 31.3 Å². The van der Waals surface area contributed by atoms with Crippen LogP contribution in [0.15, 0.2) is 76.8 Å². The number of halogens is 1. The summed E-state index contributed by atoms with van der Waals surface area (Å²) < 4.78 is 24.0. The number of carbonyl (C=O) groups is 2. The van der Waals surface area contributed by atoms with Gasteiger partial charge >= 0.3 is 0 Å². The summed E-state index contributed by atoms with van der Waals surface area (Å²) >= 11 is 0. The van der Waals surface area contributed by atoms with E-state index in [2.05, 4.69) is 9.98 Å². The van der Waals surface area contributed by atoms with Gasteiger partial charge in [-0.3, -0.25) is 9.59 Å². The van der Waals surface area contributed by atoms with Gasteiger partial charge in [-0.1, -0.05) is 30.4 Å². The highest BCUT2D eigenvalue weighted by atomic mass is 19.1. The molecule has 1 aliphatic carbocycles. The topological polar surface area (TPSA) is 80.6 Å². The summed E-state index contributed by atoms with van der Waals surface area (Å²) in [5, 5.41) is 0. The molecule has 1 atom stereocenters. The number of nitrogens with zero attached hydrogens (tertiary/aromatic N) is 3. The second-order valence-electron chi connectivity index (χ2n) is 7.51. The Bertz CT molecular complexity index is 1180. The summed E-state index contributed by atoms with van der Waals surface area (Å²) in [5.74, 6) is -0.371. The normalized spacial score (nSPS) is 16.6. The van der Waals surface area contributed by atoms with E-state index >= 15 is 0 Å². The van der Waals surface area contributed by atoms with E-state index in [0.717, 1.165) is 0 Å². The molecule has 1 heterocycles. The van der Waals surface area contributed by atoms with Crippen molar-refractivity contribution >= 4 is 23.4 Å². The SMILES string of the molecule is COc1cc(OC)cc(C(=O)N(CC2=NC(=O)C3C=CC=CC3=N2)Cc2ccc(F)cc2)c1. The predicted molar refractivity (Wildman–Crippen MR) is 122 cm³/mol. The van der Waals surface area contributed by atoms with Crippen LogP contribution in [0.1, 0.15) is 15.9 Å². The number of benzene rings is 2. The number of hydrogen-bond donors (Lipinski definition) is 0. The fourth-order valence-electron chi connectivity index (χ4n) is 3.58. The highest BCUT2D eigenvalue weighted by molar-refractivity contribution is 6.22. The third kappa shape index (κ3) is 5.06. The van der Waals surface area contributed by atoms with Crippen LogP contribution in [0, 0.1) is 11.7 Å². The first-order chi connectivity index (χ1) is 16.0. The summed E-state index contributed by atoms with van der Waals surface area (Å²) in [5.41, 5.74) is 1.64. The lowest BCUT2D eigenvalue weighted by molar-refractivity contribution is -0.118. The Morgan fingerprint density at radius 2 is 1.70 bits per heavy atom. The first-order valence-corrected chi connectivity index (χ1v) is 10.3. The molecule has 168 valence electrons. The summed E-state index contributed by atoms with van der Waals surface area (Å²) in [7, 11) is 3.00. The Labute approximate surface area is 190 Å². The maximum atomic E-state index is 13.5. The van der Waals surface area contributed by atoms with Crippen LogP contribution in [-0.4, -0.2) is 49.0 Å². The number of methoxy groups -OCH3 is 2. The van der Waals surface area contributed by atoms with Crippen LogP contribution in [0.25, 0.3) is 0 Å². The average Bonchev–Trinajstić information content (AvgIpc) is 2.84. The van der Waals surface area contributed by atoms with Crippen molar-refractivity contribution in [3.8, 4) is 11.5 Å². The van der Waals surface area contributed by atoms with Crippen LogP contribution in [0.5, 0.6) is 11.5 Å². The Hall–Kier alpha value is -4.07. The molecule has 0 bridgehead atoms. The summed E-state index contributed by atoms with van der Waals surface area (Å²) in [4.78, 5) is 36.1. The first-order valence-electron chi connectivity index (χ1n) is 10.3. The lowest BCUT2D eigenvalue weighted by Crippen LogP contribution is -2.37. The van der Waals surface area contributed by atoms with Gasteiger partial charge in [-0.05, 0) is 35.9 Å². The highest BCUT2D eigenvalue weighted by Gasteiger charge is 2.28. The number of hydrogen-bond acceptors (Lipinski definition) is 5. The standard InChI is InChI=1S/C25H22FN3O4/c1-32-19-11-17(12-20(13-19)33-2)25(31)29(14-16-7-9-18(26)10-8-16)15-23-27-22-6-4-3-5-21(22)24(30)28-23/h3-13,21H,14-15H2,1-2H3. The molecule has 2 aliphatic rings. The van der Waals surface area contributed by atoms with E-state index < -0.39 is 5.92 Å². The number of fused-ring (bicyclic) bond motifs is 1. The van der Waals surface area contributed by atoms with Gasteiger partial charge in [0, 0.05) is 18.2 Å². The zero-order valence-electron chi connectivity index (χ0n) is 18.2. The molecule has 4 rings (SSSR count). The minimum absolute atomic E-state index is 0.00471. The predicted octanol–water partition coefficient (Wildman–Crippen LogP) is 3.61. The molecule has 7 nitrogen and oxygen atoms in total. The molecule has 2 amide bonds. The van der Waals surface area contributed by atoms with Crippen LogP contribution < -0.4 is 9.47 Å². The van der Waals surface area contributed by atoms with Gasteiger partial charge < -0.3 is 14.4 Å². The Morgan fingerprint density at radius 1 is 1.00 bits per heavy atom. The minimum Gasteiger partial charge on any atom is -0.497 e. The molecule has 8 heteroatoms. The van der Waals surface area contributed by atoms with Gasteiger partial charge in [-0.15, -0.1) is 0 Å². The second-order valence-corrected chi connectivity index (χ2v) is 7.51. The largest absolute Gasteiger partial charge is 0.497 e. The molecule has 1 aliphatic heterocycles. The van der Waals surface area contributed by atoms with Gasteiger partial charge in [0.2, 0.25) is 0 Å². The second kappa shape index (κ2) is 9.60. The summed E-state index contributed by atoms with van der Waals surface area (Å²) in [6.07, 6.45) is 7.08. The van der Waals surface area contributed by atoms with E-state index in [4.69, 9.17) is 9.47 Å². The van der Waals surface area contributed by atoms with Crippen LogP contribution in [-0.2, 0) is 11.3 Å². The van der Waals surface area contributed by atoms with E-state index in [0.29, 0.717) is 28.3 Å². The minimum atomic E-state index is -0.498. The van der Waals surface area contributed by atoms with Crippen LogP contribution in [0.2, 0.25) is 0 Å². The maximum Gasteiger partial charge on any atom is 0.260 e. The van der Waals surface area contributed by atoms with Crippen molar-refractivity contribution in [3.05, 3.63) is 83.7 Å². The molecule has 0 saturated heterocycles. The van der Waals surface area contributed by atoms with Crippen molar-refractivity contribution in [1.82, 2.24) is 4.90 Å². The van der Waals surface area contributed by atoms with Crippen molar-refractivity contribution < 1.29 is 23.5 Å². The van der Waals surface area contributed by atoms with Crippen molar-refractivity contribution in [2.24, 2.45) is 15.9 Å². The lowest BCUT2D eigenvalue weighted by Gasteiger charge is -2.25. The van der Waals surface area contributed by atoms with E-state index in [1.807, 2.05) is 0 Å². The maximum absolute atomic E-state index is 13.5. The van der Waals surface area contributed by atoms with E-state index in [9.17, 15) is 14.0 Å². The van der Waals surface area contributed by atoms with Crippen LogP contribution in [0.3, 0.4) is 0 Å². The number of amidine groups is 1. The molecule has 0 saturated carbocycles. The molecular weight excluding hydrogens is 425 g/mol. The van der Waals surface area contributed by atoms with Crippen molar-refractivity contribution in [2.45, 2.75) is 6.54 Å². The molecular formula is C25H22FN3O4. The van der Waals surface area contributed by atoms with Crippen molar-refractivity contribution in [2.75, 3.05) is 20.8 Å². The third-order valence-corrected chi connectivity index (χ3v) is 5.27. The molecule has 0 aromatic heterocycles. The lowest BCUT2D eigenvalue weighted by atomic mass is 9.96. The summed E-state index contributed by atoms with van der Waals surface area (Å²) in [6.45, 7) is 0.158. The van der Waals surface area contributed by atoms with Crippen molar-refractivity contribution in [3.63, 3.8) is 0 Å². The smallest absolute Gasteiger partial charge is 0.260 e. The number of carbonyl (C=O) groups excluding carboxylic acids is 2. The molecule has 0 radical (unpaired) electrons. The Kier molecular flexibility index (Phi) is 6.44. The molecule has 0 spiro atoms. The summed E-state index contributed by atoms with van der Waals surface area (Å²) in [6, 6.07) is 10.7. The average molecular weight is 447 g/mol. The molecule has 1 unspecified atom stereocenters. The zero-order chi connectivity index (χ0) is 23.4. The van der Waals surface area contributed by atoms with E-state index in [-0.39, 0.29) is 36.6 Å². The van der Waals surface area contributed by atoms with E-state index in [1.54, 1.807) is 54.6 Å². The quantitative estimate of drug-likeness (QED) is 0.650. The van der Waals surface area contributed by atoms with Crippen LogP contribution in [0.4, 0.5) is 4.39 Å². The number of amides is 2. The Morgan fingerprint density at radius 3 is 2.36 bits per heavy atom. The Balaban J connectivity index is 1.66. The molecule has 0 N–H and O–H groups in total. The zero-order valence-corrected chi connectivity index (χ0v) is 18.2. The van der Waals surface area contributed by atoms with Crippen molar-refractivity contribution in [1.29, 1.82) is 0 Å². The molecule has 2 aromatic carbocycles. The van der Waals surface area contributed by atoms with Crippen LogP contribution >= 0.6 is 0 Å².